The van der Waals surface area contributed by atoms with Gasteiger partial charge in [0.2, 0.25) is 5.75 Å². The van der Waals surface area contributed by atoms with Crippen molar-refractivity contribution in [3.8, 4) is 17.2 Å². The minimum atomic E-state index is -0.937. The van der Waals surface area contributed by atoms with E-state index in [9.17, 15) is 15.3 Å². The number of aliphatic hydroxyl groups is 1. The van der Waals surface area contributed by atoms with E-state index in [1.54, 1.807) is 6.92 Å². The molecule has 0 aliphatic carbocycles. The van der Waals surface area contributed by atoms with Crippen LogP contribution in [0.4, 0.5) is 0 Å². The molecule has 0 heterocycles. The van der Waals surface area contributed by atoms with Crippen molar-refractivity contribution in [1.82, 2.24) is 0 Å². The average Bonchev–Trinajstić information content (AvgIpc) is 2.15. The van der Waals surface area contributed by atoms with Gasteiger partial charge in [0.1, 0.15) is 0 Å². The molecule has 84 valence electrons. The summed E-state index contributed by atoms with van der Waals surface area (Å²) in [7, 11) is 1.33. The molecule has 1 aromatic rings. The zero-order valence-electron chi connectivity index (χ0n) is 8.64. The second kappa shape index (κ2) is 4.37. The molecule has 0 fully saturated rings. The fraction of sp³-hybridized carbons (Fsp3) is 0.400. The van der Waals surface area contributed by atoms with Gasteiger partial charge in [0.15, 0.2) is 11.5 Å². The van der Waals surface area contributed by atoms with E-state index in [1.807, 2.05) is 0 Å². The molecule has 0 aromatic heterocycles. The van der Waals surface area contributed by atoms with Gasteiger partial charge >= 0.3 is 0 Å². The summed E-state index contributed by atoms with van der Waals surface area (Å²) in [5, 5.41) is 28.6. The maximum atomic E-state index is 9.62. The van der Waals surface area contributed by atoms with E-state index in [1.165, 1.54) is 19.2 Å². The van der Waals surface area contributed by atoms with Crippen LogP contribution in [0.2, 0.25) is 0 Å². The smallest absolute Gasteiger partial charge is 0.202 e. The lowest BCUT2D eigenvalue weighted by Gasteiger charge is -2.16. The maximum Gasteiger partial charge on any atom is 0.202 e. The Labute approximate surface area is 87.7 Å². The number of phenolic OH excluding ortho intramolecular Hbond substituents is 2. The molecule has 0 aliphatic heterocycles. The van der Waals surface area contributed by atoms with Crippen LogP contribution in [0.1, 0.15) is 18.6 Å². The van der Waals surface area contributed by atoms with Gasteiger partial charge in [-0.25, -0.2) is 0 Å². The van der Waals surface area contributed by atoms with E-state index in [0.29, 0.717) is 5.56 Å². The molecule has 5 heteroatoms. The molecule has 0 radical (unpaired) electrons. The van der Waals surface area contributed by atoms with Gasteiger partial charge in [-0.2, -0.15) is 0 Å². The van der Waals surface area contributed by atoms with E-state index in [4.69, 9.17) is 10.5 Å². The lowest BCUT2D eigenvalue weighted by Crippen LogP contribution is -2.24. The number of rotatable bonds is 3. The molecule has 1 aromatic carbocycles. The Morgan fingerprint density at radius 3 is 2.07 bits per heavy atom. The molecule has 0 bridgehead atoms. The van der Waals surface area contributed by atoms with E-state index in [2.05, 4.69) is 0 Å². The monoisotopic (exact) mass is 213 g/mol. The Kier molecular flexibility index (Phi) is 3.39. The first-order valence-electron chi connectivity index (χ1n) is 4.51. The Morgan fingerprint density at radius 1 is 1.27 bits per heavy atom. The highest BCUT2D eigenvalue weighted by molar-refractivity contribution is 5.52. The van der Waals surface area contributed by atoms with E-state index in [-0.39, 0.29) is 17.2 Å². The minimum Gasteiger partial charge on any atom is -0.504 e. The molecule has 0 saturated carbocycles. The van der Waals surface area contributed by atoms with Gasteiger partial charge in [0.05, 0.1) is 13.2 Å². The van der Waals surface area contributed by atoms with Crippen LogP contribution in [0.3, 0.4) is 0 Å². The molecule has 0 unspecified atom stereocenters. The Hall–Kier alpha value is -1.46. The number of hydrogen-bond donors (Lipinski definition) is 4. The summed E-state index contributed by atoms with van der Waals surface area (Å²) in [6.45, 7) is 1.63. The first-order chi connectivity index (χ1) is 6.97. The lowest BCUT2D eigenvalue weighted by atomic mass is 10.0. The van der Waals surface area contributed by atoms with Gasteiger partial charge in [-0.05, 0) is 24.6 Å². The summed E-state index contributed by atoms with van der Waals surface area (Å²) in [5.41, 5.74) is 5.84. The van der Waals surface area contributed by atoms with Crippen molar-refractivity contribution >= 4 is 0 Å². The van der Waals surface area contributed by atoms with Crippen molar-refractivity contribution in [1.29, 1.82) is 0 Å². The second-order valence-electron chi connectivity index (χ2n) is 3.40. The molecule has 0 spiro atoms. The van der Waals surface area contributed by atoms with Crippen molar-refractivity contribution in [2.24, 2.45) is 5.73 Å². The highest BCUT2D eigenvalue weighted by atomic mass is 16.5. The molecule has 15 heavy (non-hydrogen) atoms. The molecule has 5 nitrogen and oxygen atoms in total. The van der Waals surface area contributed by atoms with Gasteiger partial charge in [-0.3, -0.25) is 0 Å². The number of hydrogen-bond acceptors (Lipinski definition) is 5. The van der Waals surface area contributed by atoms with Gasteiger partial charge in [0.25, 0.3) is 0 Å². The van der Waals surface area contributed by atoms with E-state index in [0.717, 1.165) is 0 Å². The van der Waals surface area contributed by atoms with Crippen LogP contribution in [0.25, 0.3) is 0 Å². The highest BCUT2D eigenvalue weighted by Gasteiger charge is 2.17. The third-order valence-corrected chi connectivity index (χ3v) is 2.12. The molecular weight excluding hydrogens is 198 g/mol. The van der Waals surface area contributed by atoms with Crippen molar-refractivity contribution in [2.45, 2.75) is 19.1 Å². The van der Waals surface area contributed by atoms with Crippen LogP contribution < -0.4 is 10.5 Å². The third-order valence-electron chi connectivity index (χ3n) is 2.12. The van der Waals surface area contributed by atoms with Crippen LogP contribution >= 0.6 is 0 Å². The van der Waals surface area contributed by atoms with E-state index >= 15 is 0 Å². The summed E-state index contributed by atoms with van der Waals surface area (Å²) >= 11 is 0. The predicted molar refractivity (Wildman–Crippen MR) is 54.9 cm³/mol. The standard InChI is InChI=1S/C10H15NO4/c1-5(11)9(14)6-3-7(12)10(15-2)8(13)4-6/h3-5,9,12-14H,11H2,1-2H3/t5-,9-/m0/s1. The van der Waals surface area contributed by atoms with Gasteiger partial charge in [-0.1, -0.05) is 0 Å². The summed E-state index contributed by atoms with van der Waals surface area (Å²) in [5.74, 6) is -0.477. The van der Waals surface area contributed by atoms with E-state index < -0.39 is 12.1 Å². The first-order valence-corrected chi connectivity index (χ1v) is 4.51. The summed E-state index contributed by atoms with van der Waals surface area (Å²) in [6.07, 6.45) is -0.937. The predicted octanol–water partition coefficient (Wildman–Crippen LogP) is 0.487. The van der Waals surface area contributed by atoms with Gasteiger partial charge in [-0.15, -0.1) is 0 Å². The summed E-state index contributed by atoms with van der Waals surface area (Å²) in [4.78, 5) is 0. The molecule has 2 atom stereocenters. The number of aromatic hydroxyl groups is 2. The fourth-order valence-corrected chi connectivity index (χ4v) is 1.30. The number of nitrogens with two attached hydrogens (primary N) is 1. The number of ether oxygens (including phenoxy) is 1. The van der Waals surface area contributed by atoms with Crippen molar-refractivity contribution in [3.63, 3.8) is 0 Å². The zero-order chi connectivity index (χ0) is 11.6. The van der Waals surface area contributed by atoms with Crippen molar-refractivity contribution in [2.75, 3.05) is 7.11 Å². The minimum absolute atomic E-state index is 0.0179. The second-order valence-corrected chi connectivity index (χ2v) is 3.40. The van der Waals surface area contributed by atoms with Gasteiger partial charge < -0.3 is 25.8 Å². The molecule has 1 rings (SSSR count). The Bertz CT molecular complexity index is 328. The van der Waals surface area contributed by atoms with Crippen LogP contribution in [0.5, 0.6) is 17.2 Å². The highest BCUT2D eigenvalue weighted by Crippen LogP contribution is 2.38. The SMILES string of the molecule is COc1c(O)cc([C@@H](O)[C@H](C)N)cc1O. The third kappa shape index (κ3) is 2.31. The Morgan fingerprint density at radius 2 is 1.73 bits per heavy atom. The fourth-order valence-electron chi connectivity index (χ4n) is 1.30. The van der Waals surface area contributed by atoms with Crippen LogP contribution in [-0.4, -0.2) is 28.5 Å². The normalized spacial score (nSPS) is 14.7. The number of aliphatic hydroxyl groups excluding tert-OH is 1. The zero-order valence-corrected chi connectivity index (χ0v) is 8.64. The van der Waals surface area contributed by atoms with Crippen LogP contribution in [0.15, 0.2) is 12.1 Å². The topological polar surface area (TPSA) is 95.9 Å². The summed E-state index contributed by atoms with van der Waals surface area (Å²) < 4.78 is 4.76. The molecule has 0 amide bonds. The van der Waals surface area contributed by atoms with Crippen LogP contribution in [0, 0.1) is 0 Å². The number of methoxy groups -OCH3 is 1. The summed E-state index contributed by atoms with van der Waals surface area (Å²) in [6, 6.07) is 2.14. The quantitative estimate of drug-likeness (QED) is 0.586. The molecular formula is C10H15NO4. The largest absolute Gasteiger partial charge is 0.504 e. The van der Waals surface area contributed by atoms with Crippen LogP contribution in [-0.2, 0) is 0 Å². The number of phenols is 2. The maximum absolute atomic E-state index is 9.62. The average molecular weight is 213 g/mol. The number of benzene rings is 1. The molecule has 0 aliphatic rings. The Balaban J connectivity index is 3.14. The lowest BCUT2D eigenvalue weighted by molar-refractivity contribution is 0.152. The van der Waals surface area contributed by atoms with Crippen molar-refractivity contribution in [3.05, 3.63) is 17.7 Å². The first kappa shape index (κ1) is 11.6. The molecule has 5 N–H and O–H groups in total. The van der Waals surface area contributed by atoms with Gasteiger partial charge in [0, 0.05) is 6.04 Å². The van der Waals surface area contributed by atoms with Crippen molar-refractivity contribution < 1.29 is 20.1 Å². The molecule has 0 saturated heterocycles.